The predicted molar refractivity (Wildman–Crippen MR) is 74.8 cm³/mol. The average molecular weight is 278 g/mol. The van der Waals surface area contributed by atoms with E-state index in [2.05, 4.69) is 5.32 Å². The summed E-state index contributed by atoms with van der Waals surface area (Å²) < 4.78 is 13.7. The summed E-state index contributed by atoms with van der Waals surface area (Å²) in [6.07, 6.45) is 0.972. The highest BCUT2D eigenvalue weighted by molar-refractivity contribution is 6.00. The van der Waals surface area contributed by atoms with E-state index in [1.165, 1.54) is 11.0 Å². The molecule has 0 saturated carbocycles. The Bertz CT molecular complexity index is 518. The Kier molecular flexibility index (Phi) is 4.37. The minimum Gasteiger partial charge on any atom is -0.353 e. The molecule has 0 spiro atoms. The van der Waals surface area contributed by atoms with Crippen molar-refractivity contribution in [1.82, 2.24) is 5.32 Å². The zero-order chi connectivity index (χ0) is 14.7. The number of rotatable bonds is 4. The maximum Gasteiger partial charge on any atom is 0.227 e. The zero-order valence-corrected chi connectivity index (χ0v) is 11.7. The summed E-state index contributed by atoms with van der Waals surface area (Å²) in [4.78, 5) is 25.4. The van der Waals surface area contributed by atoms with Crippen molar-refractivity contribution < 1.29 is 14.0 Å². The largest absolute Gasteiger partial charge is 0.353 e. The molecule has 1 heterocycles. The first-order valence-corrected chi connectivity index (χ1v) is 6.88. The highest BCUT2D eigenvalue weighted by atomic mass is 19.1. The standard InChI is InChI=1S/C15H19FN2O2/c1-3-10(2)17-15(20)11-8-14(19)18(9-11)13-7-5-4-6-12(13)16/h4-7,10-11H,3,8-9H2,1-2H3,(H,17,20)/t10-,11+/m1/s1. The van der Waals surface area contributed by atoms with Gasteiger partial charge in [-0.2, -0.15) is 0 Å². The first-order chi connectivity index (χ1) is 9.52. The van der Waals surface area contributed by atoms with Crippen molar-refractivity contribution >= 4 is 17.5 Å². The summed E-state index contributed by atoms with van der Waals surface area (Å²) in [5.74, 6) is -1.19. The van der Waals surface area contributed by atoms with Crippen LogP contribution in [0.3, 0.4) is 0 Å². The number of nitrogens with one attached hydrogen (secondary N) is 1. The third kappa shape index (κ3) is 2.98. The predicted octanol–water partition coefficient (Wildman–Crippen LogP) is 2.09. The molecule has 1 aromatic carbocycles. The Balaban J connectivity index is 2.08. The average Bonchev–Trinajstić information content (AvgIpc) is 2.81. The summed E-state index contributed by atoms with van der Waals surface area (Å²) >= 11 is 0. The molecule has 1 fully saturated rings. The Morgan fingerprint density at radius 1 is 1.50 bits per heavy atom. The van der Waals surface area contributed by atoms with Gasteiger partial charge in [0.15, 0.2) is 0 Å². The quantitative estimate of drug-likeness (QED) is 0.917. The molecule has 1 aliphatic rings. The summed E-state index contributed by atoms with van der Waals surface area (Å²) in [5, 5.41) is 2.87. The maximum atomic E-state index is 13.7. The van der Waals surface area contributed by atoms with E-state index >= 15 is 0 Å². The first-order valence-electron chi connectivity index (χ1n) is 6.88. The lowest BCUT2D eigenvalue weighted by molar-refractivity contribution is -0.126. The van der Waals surface area contributed by atoms with Crippen LogP contribution in [0, 0.1) is 11.7 Å². The maximum absolute atomic E-state index is 13.7. The number of amides is 2. The normalized spacial score (nSPS) is 20.1. The zero-order valence-electron chi connectivity index (χ0n) is 11.7. The number of halogens is 1. The van der Waals surface area contributed by atoms with Crippen molar-refractivity contribution in [2.75, 3.05) is 11.4 Å². The van der Waals surface area contributed by atoms with E-state index in [9.17, 15) is 14.0 Å². The molecule has 0 aromatic heterocycles. The van der Waals surface area contributed by atoms with E-state index in [1.807, 2.05) is 13.8 Å². The molecule has 1 aromatic rings. The lowest BCUT2D eigenvalue weighted by Crippen LogP contribution is -2.38. The van der Waals surface area contributed by atoms with Crippen LogP contribution in [0.15, 0.2) is 24.3 Å². The van der Waals surface area contributed by atoms with E-state index in [1.54, 1.807) is 18.2 Å². The molecule has 1 N–H and O–H groups in total. The molecule has 0 bridgehead atoms. The van der Waals surface area contributed by atoms with Crippen molar-refractivity contribution in [2.45, 2.75) is 32.7 Å². The van der Waals surface area contributed by atoms with Crippen LogP contribution < -0.4 is 10.2 Å². The summed E-state index contributed by atoms with van der Waals surface area (Å²) in [5.41, 5.74) is 0.247. The monoisotopic (exact) mass is 278 g/mol. The van der Waals surface area contributed by atoms with Crippen LogP contribution in [0.2, 0.25) is 0 Å². The Morgan fingerprint density at radius 3 is 2.85 bits per heavy atom. The van der Waals surface area contributed by atoms with E-state index in [4.69, 9.17) is 0 Å². The Morgan fingerprint density at radius 2 is 2.20 bits per heavy atom. The van der Waals surface area contributed by atoms with Crippen molar-refractivity contribution in [3.8, 4) is 0 Å². The van der Waals surface area contributed by atoms with Crippen LogP contribution in [0.5, 0.6) is 0 Å². The van der Waals surface area contributed by atoms with Gasteiger partial charge >= 0.3 is 0 Å². The molecular weight excluding hydrogens is 259 g/mol. The van der Waals surface area contributed by atoms with Gasteiger partial charge < -0.3 is 10.2 Å². The van der Waals surface area contributed by atoms with Gasteiger partial charge in [-0.3, -0.25) is 9.59 Å². The molecule has 20 heavy (non-hydrogen) atoms. The number of hydrogen-bond acceptors (Lipinski definition) is 2. The molecule has 2 amide bonds. The van der Waals surface area contributed by atoms with E-state index in [-0.39, 0.29) is 36.5 Å². The smallest absolute Gasteiger partial charge is 0.227 e. The molecule has 0 unspecified atom stereocenters. The number of para-hydroxylation sites is 1. The van der Waals surface area contributed by atoms with Crippen molar-refractivity contribution in [2.24, 2.45) is 5.92 Å². The second-order valence-corrected chi connectivity index (χ2v) is 5.17. The molecular formula is C15H19FN2O2. The molecule has 2 atom stereocenters. The number of anilines is 1. The minimum absolute atomic E-state index is 0.0834. The molecule has 1 aliphatic heterocycles. The van der Waals surface area contributed by atoms with Crippen molar-refractivity contribution in [3.63, 3.8) is 0 Å². The van der Waals surface area contributed by atoms with Gasteiger partial charge in [-0.05, 0) is 25.5 Å². The molecule has 0 aliphatic carbocycles. The van der Waals surface area contributed by atoms with Gasteiger partial charge in [-0.1, -0.05) is 19.1 Å². The number of carbonyl (C=O) groups excluding carboxylic acids is 2. The molecule has 0 radical (unpaired) electrons. The van der Waals surface area contributed by atoms with Crippen molar-refractivity contribution in [1.29, 1.82) is 0 Å². The Labute approximate surface area is 118 Å². The van der Waals surface area contributed by atoms with Gasteiger partial charge in [-0.25, -0.2) is 4.39 Å². The number of benzene rings is 1. The number of carbonyl (C=O) groups is 2. The van der Waals surface area contributed by atoms with Gasteiger partial charge in [0.1, 0.15) is 5.82 Å². The minimum atomic E-state index is -0.441. The fraction of sp³-hybridized carbons (Fsp3) is 0.467. The third-order valence-corrected chi connectivity index (χ3v) is 3.64. The summed E-state index contributed by atoms with van der Waals surface area (Å²) in [6.45, 7) is 4.14. The fourth-order valence-electron chi connectivity index (χ4n) is 2.25. The Hall–Kier alpha value is -1.91. The van der Waals surface area contributed by atoms with Crippen LogP contribution in [0.4, 0.5) is 10.1 Å². The third-order valence-electron chi connectivity index (χ3n) is 3.64. The highest BCUT2D eigenvalue weighted by Gasteiger charge is 2.36. The SMILES string of the molecule is CC[C@@H](C)NC(=O)[C@H]1CC(=O)N(c2ccccc2F)C1. The van der Waals surface area contributed by atoms with Crippen molar-refractivity contribution in [3.05, 3.63) is 30.1 Å². The van der Waals surface area contributed by atoms with E-state index in [0.717, 1.165) is 6.42 Å². The van der Waals surface area contributed by atoms with Crippen LogP contribution in [-0.2, 0) is 9.59 Å². The molecule has 2 rings (SSSR count). The second kappa shape index (κ2) is 6.03. The first kappa shape index (κ1) is 14.5. The lowest BCUT2D eigenvalue weighted by atomic mass is 10.1. The summed E-state index contributed by atoms with van der Waals surface area (Å²) in [6, 6.07) is 6.21. The van der Waals surface area contributed by atoms with E-state index < -0.39 is 11.7 Å². The van der Waals surface area contributed by atoms with E-state index in [0.29, 0.717) is 0 Å². The molecule has 108 valence electrons. The molecule has 4 nitrogen and oxygen atoms in total. The van der Waals surface area contributed by atoms with Gasteiger partial charge in [0.05, 0.1) is 11.6 Å². The van der Waals surface area contributed by atoms with Gasteiger partial charge in [0, 0.05) is 19.0 Å². The lowest BCUT2D eigenvalue weighted by Gasteiger charge is -2.18. The van der Waals surface area contributed by atoms with Gasteiger partial charge in [0.25, 0.3) is 0 Å². The highest BCUT2D eigenvalue weighted by Crippen LogP contribution is 2.27. The second-order valence-electron chi connectivity index (χ2n) is 5.17. The fourth-order valence-corrected chi connectivity index (χ4v) is 2.25. The van der Waals surface area contributed by atoms with Crippen LogP contribution in [0.25, 0.3) is 0 Å². The van der Waals surface area contributed by atoms with Gasteiger partial charge in [-0.15, -0.1) is 0 Å². The number of hydrogen-bond donors (Lipinski definition) is 1. The number of nitrogens with zero attached hydrogens (tertiary/aromatic N) is 1. The van der Waals surface area contributed by atoms with Crippen LogP contribution in [-0.4, -0.2) is 24.4 Å². The molecule has 5 heteroatoms. The van der Waals surface area contributed by atoms with Gasteiger partial charge in [0.2, 0.25) is 11.8 Å². The van der Waals surface area contributed by atoms with Crippen LogP contribution >= 0.6 is 0 Å². The van der Waals surface area contributed by atoms with Crippen LogP contribution in [0.1, 0.15) is 26.7 Å². The summed E-state index contributed by atoms with van der Waals surface area (Å²) in [7, 11) is 0. The topological polar surface area (TPSA) is 49.4 Å². The molecule has 1 saturated heterocycles.